The van der Waals surface area contributed by atoms with Gasteiger partial charge in [-0.2, -0.15) is 5.26 Å². The van der Waals surface area contributed by atoms with E-state index in [0.29, 0.717) is 11.5 Å². The average Bonchev–Trinajstić information content (AvgIpc) is 3.28. The minimum absolute atomic E-state index is 0.0725. The molecule has 1 N–H and O–H groups in total. The largest absolute Gasteiger partial charge is 0.479 e. The lowest BCUT2D eigenvalue weighted by Crippen LogP contribution is -2.43. The van der Waals surface area contributed by atoms with Crippen molar-refractivity contribution in [3.8, 4) is 11.8 Å². The molecule has 0 spiro atoms. The summed E-state index contributed by atoms with van der Waals surface area (Å²) >= 11 is 0. The number of nitrogens with one attached hydrogen (secondary N) is 1. The highest BCUT2D eigenvalue weighted by Crippen LogP contribution is 2.23. The van der Waals surface area contributed by atoms with Crippen LogP contribution in [0.2, 0.25) is 0 Å². The third-order valence-corrected chi connectivity index (χ3v) is 4.56. The van der Waals surface area contributed by atoms with Crippen molar-refractivity contribution in [3.05, 3.63) is 60.3 Å². The molecule has 0 radical (unpaired) electrons. The molecule has 1 fully saturated rings. The van der Waals surface area contributed by atoms with Crippen molar-refractivity contribution < 1.29 is 23.7 Å². The summed E-state index contributed by atoms with van der Waals surface area (Å²) in [7, 11) is 1.49. The van der Waals surface area contributed by atoms with Crippen LogP contribution >= 0.6 is 0 Å². The molecule has 8 nitrogen and oxygen atoms in total. The fourth-order valence-electron chi connectivity index (χ4n) is 2.52. The van der Waals surface area contributed by atoms with Gasteiger partial charge in [0.2, 0.25) is 6.79 Å². The molecule has 34 heavy (non-hydrogen) atoms. The van der Waals surface area contributed by atoms with Gasteiger partial charge in [0.25, 0.3) is 5.91 Å². The fraction of sp³-hybridized carbons (Fsp3) is 0.500. The second kappa shape index (κ2) is 18.2. The van der Waals surface area contributed by atoms with E-state index >= 15 is 0 Å². The number of hydrogen-bond acceptors (Lipinski definition) is 7. The summed E-state index contributed by atoms with van der Waals surface area (Å²) < 4.78 is 20.8. The van der Waals surface area contributed by atoms with Gasteiger partial charge >= 0.3 is 0 Å². The van der Waals surface area contributed by atoms with Gasteiger partial charge in [0, 0.05) is 18.8 Å². The number of nitriles is 1. The number of methoxy groups -OCH3 is 1. The summed E-state index contributed by atoms with van der Waals surface area (Å²) in [5, 5.41) is 10.7. The molecule has 0 aliphatic carbocycles. The molecule has 188 valence electrons. The summed E-state index contributed by atoms with van der Waals surface area (Å²) in [5.41, 5.74) is 0.989. The molecule has 0 saturated carbocycles. The number of pyridine rings is 1. The maximum absolute atomic E-state index is 12.4. The van der Waals surface area contributed by atoms with Crippen LogP contribution in [0.25, 0.3) is 0 Å². The Morgan fingerprint density at radius 1 is 1.29 bits per heavy atom. The molecule has 3 unspecified atom stereocenters. The molecular weight excluding hydrogens is 434 g/mol. The highest BCUT2D eigenvalue weighted by molar-refractivity contribution is 5.81. The van der Waals surface area contributed by atoms with Gasteiger partial charge in [0.05, 0.1) is 12.3 Å². The van der Waals surface area contributed by atoms with Crippen molar-refractivity contribution in [2.75, 3.05) is 20.5 Å². The molecule has 0 aromatic carbocycles. The summed E-state index contributed by atoms with van der Waals surface area (Å²) in [6, 6.07) is 5.45. The van der Waals surface area contributed by atoms with E-state index in [2.05, 4.69) is 21.6 Å². The number of aromatic nitrogens is 1. The van der Waals surface area contributed by atoms with E-state index in [4.69, 9.17) is 19.5 Å². The van der Waals surface area contributed by atoms with Gasteiger partial charge in [-0.25, -0.2) is 0 Å². The number of carbonyl (C=O) groups is 1. The standard InChI is InChI=1S/C20H28N2O4.C3H5NO.C3H6/c1-6-16-8-9-17(11-21-16)26-15(5)20(23)22-14(4)13(3)10-19-18(7-2)24-12-25-19;1-5-3-2-4;1-3-2/h7-11,13-15H,6,12H2,1-5H3,(H,22,23);3H2,1H3;3H,1H2,2H3/b18-7+,19-10+;;. The summed E-state index contributed by atoms with van der Waals surface area (Å²) in [6.45, 7) is 15.3. The number of hydrogen-bond donors (Lipinski definition) is 1. The zero-order valence-electron chi connectivity index (χ0n) is 21.5. The fourth-order valence-corrected chi connectivity index (χ4v) is 2.52. The van der Waals surface area contributed by atoms with Gasteiger partial charge in [-0.3, -0.25) is 9.78 Å². The monoisotopic (exact) mass is 473 g/mol. The maximum atomic E-state index is 12.4. The summed E-state index contributed by atoms with van der Waals surface area (Å²) in [5.74, 6) is 1.94. The Morgan fingerprint density at radius 3 is 2.41 bits per heavy atom. The van der Waals surface area contributed by atoms with Crippen LogP contribution in [0.1, 0.15) is 47.2 Å². The van der Waals surface area contributed by atoms with Crippen LogP contribution in [0.4, 0.5) is 0 Å². The van der Waals surface area contributed by atoms with Crippen LogP contribution in [0.15, 0.2) is 54.7 Å². The SMILES string of the molecule is C/C=C1/OCO/C1=C/C(C)C(C)NC(=O)C(C)Oc1ccc(CC)nc1.C=CC.COCC#N. The number of aryl methyl sites for hydroxylation is 1. The molecular formula is C26H39N3O5. The number of amides is 1. The van der Waals surface area contributed by atoms with Gasteiger partial charge in [0.1, 0.15) is 12.4 Å². The first-order chi connectivity index (χ1) is 16.3. The molecule has 1 aromatic rings. The quantitative estimate of drug-likeness (QED) is 0.546. The second-order valence-electron chi connectivity index (χ2n) is 7.34. The molecule has 1 saturated heterocycles. The van der Waals surface area contributed by atoms with Crippen molar-refractivity contribution in [2.45, 2.75) is 60.1 Å². The van der Waals surface area contributed by atoms with Crippen LogP contribution in [0.5, 0.6) is 5.75 Å². The summed E-state index contributed by atoms with van der Waals surface area (Å²) in [4.78, 5) is 16.7. The number of nitrogens with zero attached hydrogens (tertiary/aromatic N) is 2. The Labute approximate surface area is 204 Å². The Hall–Kier alpha value is -3.31. The van der Waals surface area contributed by atoms with Gasteiger partial charge in [-0.05, 0) is 64.3 Å². The topological polar surface area (TPSA) is 103 Å². The predicted octanol–water partition coefficient (Wildman–Crippen LogP) is 4.69. The van der Waals surface area contributed by atoms with Crippen molar-refractivity contribution in [1.29, 1.82) is 5.26 Å². The lowest BCUT2D eigenvalue weighted by molar-refractivity contribution is -0.128. The van der Waals surface area contributed by atoms with Gasteiger partial charge in [0.15, 0.2) is 17.6 Å². The highest BCUT2D eigenvalue weighted by atomic mass is 16.7. The Morgan fingerprint density at radius 2 is 1.94 bits per heavy atom. The number of ether oxygens (including phenoxy) is 4. The second-order valence-corrected chi connectivity index (χ2v) is 7.34. The zero-order valence-corrected chi connectivity index (χ0v) is 21.5. The van der Waals surface area contributed by atoms with E-state index in [9.17, 15) is 4.79 Å². The number of allylic oxidation sites excluding steroid dienone is 2. The molecule has 8 heteroatoms. The van der Waals surface area contributed by atoms with Crippen LogP contribution < -0.4 is 10.1 Å². The van der Waals surface area contributed by atoms with Gasteiger partial charge in [-0.15, -0.1) is 6.58 Å². The molecule has 1 aliphatic heterocycles. The van der Waals surface area contributed by atoms with E-state index in [-0.39, 0.29) is 31.3 Å². The lowest BCUT2D eigenvalue weighted by Gasteiger charge is -2.22. The maximum Gasteiger partial charge on any atom is 0.261 e. The zero-order chi connectivity index (χ0) is 25.9. The third kappa shape index (κ3) is 12.1. The molecule has 1 aromatic heterocycles. The molecule has 1 amide bonds. The van der Waals surface area contributed by atoms with Crippen molar-refractivity contribution in [3.63, 3.8) is 0 Å². The van der Waals surface area contributed by atoms with Crippen molar-refractivity contribution in [2.24, 2.45) is 5.92 Å². The third-order valence-electron chi connectivity index (χ3n) is 4.56. The molecule has 1 aliphatic rings. The van der Waals surface area contributed by atoms with Crippen LogP contribution in [-0.2, 0) is 25.4 Å². The lowest BCUT2D eigenvalue weighted by atomic mass is 10.0. The molecule has 3 atom stereocenters. The van der Waals surface area contributed by atoms with E-state index in [1.165, 1.54) is 7.11 Å². The minimum Gasteiger partial charge on any atom is -0.479 e. The Balaban J connectivity index is 0.00000118. The van der Waals surface area contributed by atoms with Crippen LogP contribution in [-0.4, -0.2) is 43.5 Å². The minimum atomic E-state index is -0.608. The Kier molecular flexibility index (Phi) is 16.4. The Bertz CT molecular complexity index is 828. The van der Waals surface area contributed by atoms with Crippen molar-refractivity contribution >= 4 is 5.91 Å². The van der Waals surface area contributed by atoms with Crippen LogP contribution in [0.3, 0.4) is 0 Å². The predicted molar refractivity (Wildman–Crippen MR) is 133 cm³/mol. The first kappa shape index (κ1) is 30.7. The van der Waals surface area contributed by atoms with E-state index in [1.807, 2.05) is 58.9 Å². The molecule has 0 bridgehead atoms. The molecule has 2 heterocycles. The van der Waals surface area contributed by atoms with E-state index in [0.717, 1.165) is 17.9 Å². The van der Waals surface area contributed by atoms with E-state index < -0.39 is 6.10 Å². The van der Waals surface area contributed by atoms with Crippen LogP contribution in [0, 0.1) is 17.2 Å². The normalized spacial score (nSPS) is 16.8. The number of rotatable bonds is 8. The van der Waals surface area contributed by atoms with E-state index in [1.54, 1.807) is 25.3 Å². The first-order valence-electron chi connectivity index (χ1n) is 11.3. The molecule has 2 rings (SSSR count). The number of carbonyl (C=O) groups excluding carboxylic acids is 1. The smallest absolute Gasteiger partial charge is 0.261 e. The van der Waals surface area contributed by atoms with Gasteiger partial charge in [-0.1, -0.05) is 19.9 Å². The average molecular weight is 474 g/mol. The summed E-state index contributed by atoms with van der Waals surface area (Å²) in [6.07, 6.45) is 7.48. The first-order valence-corrected chi connectivity index (χ1v) is 11.3. The highest BCUT2D eigenvalue weighted by Gasteiger charge is 2.22. The van der Waals surface area contributed by atoms with Crippen molar-refractivity contribution in [1.82, 2.24) is 10.3 Å². The van der Waals surface area contributed by atoms with Gasteiger partial charge < -0.3 is 24.3 Å².